The number of aromatic nitrogens is 1. The monoisotopic (exact) mass is 415 g/mol. The van der Waals surface area contributed by atoms with Crippen LogP contribution in [-0.4, -0.2) is 50.7 Å². The topological polar surface area (TPSA) is 83.3 Å². The SMILES string of the molecule is COc1cc(C(=O)N/N=C\c2cc(C)n(C[C@H]3CCCO3)c2C)cc(OC)c1OC. The Bertz CT molecular complexity index is 904. The number of aryl methyl sites for hydroxylation is 1. The summed E-state index contributed by atoms with van der Waals surface area (Å²) in [5.74, 6) is 0.865. The van der Waals surface area contributed by atoms with Gasteiger partial charge in [-0.1, -0.05) is 0 Å². The number of hydrazone groups is 1. The lowest BCUT2D eigenvalue weighted by Gasteiger charge is -2.14. The summed E-state index contributed by atoms with van der Waals surface area (Å²) in [5, 5.41) is 4.14. The molecule has 8 nitrogen and oxygen atoms in total. The number of carbonyl (C=O) groups excluding carboxylic acids is 1. The predicted molar refractivity (Wildman–Crippen MR) is 114 cm³/mol. The lowest BCUT2D eigenvalue weighted by Crippen LogP contribution is -2.18. The van der Waals surface area contributed by atoms with Crippen LogP contribution in [0.1, 0.15) is 40.2 Å². The first kappa shape index (κ1) is 21.7. The van der Waals surface area contributed by atoms with Crippen LogP contribution in [0.4, 0.5) is 0 Å². The normalized spacial score (nSPS) is 16.1. The van der Waals surface area contributed by atoms with Crippen molar-refractivity contribution in [3.05, 3.63) is 40.7 Å². The zero-order valence-electron chi connectivity index (χ0n) is 18.2. The number of hydrogen-bond donors (Lipinski definition) is 1. The summed E-state index contributed by atoms with van der Waals surface area (Å²) >= 11 is 0. The van der Waals surface area contributed by atoms with E-state index >= 15 is 0 Å². The van der Waals surface area contributed by atoms with Gasteiger partial charge in [0.15, 0.2) is 11.5 Å². The molecule has 2 heterocycles. The fraction of sp³-hybridized carbons (Fsp3) is 0.455. The maximum atomic E-state index is 12.6. The average Bonchev–Trinajstić information content (AvgIpc) is 3.36. The van der Waals surface area contributed by atoms with E-state index in [-0.39, 0.29) is 12.0 Å². The van der Waals surface area contributed by atoms with Gasteiger partial charge in [0.2, 0.25) is 5.75 Å². The highest BCUT2D eigenvalue weighted by atomic mass is 16.5. The Balaban J connectivity index is 1.72. The predicted octanol–water partition coefficient (Wildman–Crippen LogP) is 3.07. The fourth-order valence-corrected chi connectivity index (χ4v) is 3.67. The third-order valence-corrected chi connectivity index (χ3v) is 5.32. The van der Waals surface area contributed by atoms with E-state index in [0.717, 1.165) is 42.9 Å². The lowest BCUT2D eigenvalue weighted by molar-refractivity contribution is 0.0953. The van der Waals surface area contributed by atoms with Gasteiger partial charge in [0.25, 0.3) is 5.91 Å². The van der Waals surface area contributed by atoms with Crippen LogP contribution in [0.15, 0.2) is 23.3 Å². The Morgan fingerprint density at radius 2 is 1.90 bits per heavy atom. The minimum Gasteiger partial charge on any atom is -0.493 e. The molecule has 1 N–H and O–H groups in total. The Morgan fingerprint density at radius 1 is 1.20 bits per heavy atom. The van der Waals surface area contributed by atoms with E-state index in [2.05, 4.69) is 28.1 Å². The van der Waals surface area contributed by atoms with E-state index in [4.69, 9.17) is 18.9 Å². The van der Waals surface area contributed by atoms with Gasteiger partial charge in [-0.25, -0.2) is 5.43 Å². The zero-order valence-corrected chi connectivity index (χ0v) is 18.2. The van der Waals surface area contributed by atoms with Crippen molar-refractivity contribution in [1.82, 2.24) is 9.99 Å². The van der Waals surface area contributed by atoms with Crippen molar-refractivity contribution in [2.24, 2.45) is 5.10 Å². The fourth-order valence-electron chi connectivity index (χ4n) is 3.67. The highest BCUT2D eigenvalue weighted by molar-refractivity contribution is 5.96. The van der Waals surface area contributed by atoms with E-state index in [1.165, 1.54) is 21.3 Å². The first-order chi connectivity index (χ1) is 14.5. The second kappa shape index (κ2) is 9.67. The molecule has 1 aliphatic rings. The summed E-state index contributed by atoms with van der Waals surface area (Å²) in [5.41, 5.74) is 6.10. The van der Waals surface area contributed by atoms with Gasteiger partial charge in [-0.3, -0.25) is 4.79 Å². The molecule has 1 atom stereocenters. The van der Waals surface area contributed by atoms with Gasteiger partial charge in [-0.15, -0.1) is 0 Å². The Labute approximate surface area is 176 Å². The molecule has 1 fully saturated rings. The van der Waals surface area contributed by atoms with Crippen molar-refractivity contribution >= 4 is 12.1 Å². The molecule has 0 unspecified atom stereocenters. The third-order valence-electron chi connectivity index (χ3n) is 5.32. The zero-order chi connectivity index (χ0) is 21.7. The summed E-state index contributed by atoms with van der Waals surface area (Å²) in [6, 6.07) is 5.22. The molecule has 3 rings (SSSR count). The summed E-state index contributed by atoms with van der Waals surface area (Å²) < 4.78 is 23.9. The van der Waals surface area contributed by atoms with Crippen LogP contribution < -0.4 is 19.6 Å². The first-order valence-corrected chi connectivity index (χ1v) is 9.90. The van der Waals surface area contributed by atoms with Gasteiger partial charge in [-0.2, -0.15) is 5.10 Å². The van der Waals surface area contributed by atoms with Crippen molar-refractivity contribution < 1.29 is 23.7 Å². The molecule has 1 aromatic carbocycles. The third kappa shape index (κ3) is 4.59. The minimum absolute atomic E-state index is 0.263. The van der Waals surface area contributed by atoms with Crippen LogP contribution in [-0.2, 0) is 11.3 Å². The number of nitrogens with one attached hydrogen (secondary N) is 1. The lowest BCUT2D eigenvalue weighted by atomic mass is 10.1. The summed E-state index contributed by atoms with van der Waals surface area (Å²) in [6.45, 7) is 5.78. The van der Waals surface area contributed by atoms with Crippen molar-refractivity contribution in [2.75, 3.05) is 27.9 Å². The molecule has 8 heteroatoms. The van der Waals surface area contributed by atoms with Gasteiger partial charge in [0.05, 0.1) is 33.6 Å². The largest absolute Gasteiger partial charge is 0.493 e. The van der Waals surface area contributed by atoms with Crippen LogP contribution in [0.2, 0.25) is 0 Å². The molecule has 0 radical (unpaired) electrons. The van der Waals surface area contributed by atoms with Crippen molar-refractivity contribution in [1.29, 1.82) is 0 Å². The minimum atomic E-state index is -0.376. The van der Waals surface area contributed by atoms with Gasteiger partial charge in [-0.05, 0) is 44.9 Å². The van der Waals surface area contributed by atoms with Crippen LogP contribution in [0.5, 0.6) is 17.2 Å². The van der Waals surface area contributed by atoms with Crippen LogP contribution in [0.3, 0.4) is 0 Å². The Morgan fingerprint density at radius 3 is 2.47 bits per heavy atom. The second-order valence-electron chi connectivity index (χ2n) is 7.19. The molecular formula is C22H29N3O5. The van der Waals surface area contributed by atoms with Gasteiger partial charge in [0, 0.05) is 35.7 Å². The maximum absolute atomic E-state index is 12.6. The van der Waals surface area contributed by atoms with E-state index in [1.54, 1.807) is 18.3 Å². The molecule has 0 spiro atoms. The standard InChI is InChI=1S/C22H29N3O5/c1-14-9-17(15(2)25(14)13-18-7-6-8-30-18)12-23-24-22(26)16-10-19(27-3)21(29-5)20(11-16)28-4/h9-12,18H,6-8,13H2,1-5H3,(H,24,26)/b23-12-/t18-/m1/s1. The number of amides is 1. The molecule has 30 heavy (non-hydrogen) atoms. The number of ether oxygens (including phenoxy) is 4. The molecule has 2 aromatic rings. The summed E-state index contributed by atoms with van der Waals surface area (Å²) in [6.07, 6.45) is 4.13. The van der Waals surface area contributed by atoms with E-state index in [0.29, 0.717) is 22.8 Å². The second-order valence-corrected chi connectivity index (χ2v) is 7.19. The number of carbonyl (C=O) groups is 1. The van der Waals surface area contributed by atoms with E-state index < -0.39 is 0 Å². The number of benzene rings is 1. The molecule has 1 aliphatic heterocycles. The quantitative estimate of drug-likeness (QED) is 0.529. The summed E-state index contributed by atoms with van der Waals surface area (Å²) in [4.78, 5) is 12.6. The van der Waals surface area contributed by atoms with Crippen molar-refractivity contribution in [3.8, 4) is 17.2 Å². The molecular weight excluding hydrogens is 386 g/mol. The van der Waals surface area contributed by atoms with E-state index in [1.807, 2.05) is 6.92 Å². The molecule has 0 aliphatic carbocycles. The highest BCUT2D eigenvalue weighted by Gasteiger charge is 2.19. The molecule has 0 bridgehead atoms. The number of nitrogens with zero attached hydrogens (tertiary/aromatic N) is 2. The van der Waals surface area contributed by atoms with Gasteiger partial charge < -0.3 is 23.5 Å². The van der Waals surface area contributed by atoms with Crippen LogP contribution in [0, 0.1) is 13.8 Å². The molecule has 1 saturated heterocycles. The Kier molecular flexibility index (Phi) is 6.99. The summed E-state index contributed by atoms with van der Waals surface area (Å²) in [7, 11) is 4.52. The van der Waals surface area contributed by atoms with Crippen molar-refractivity contribution in [3.63, 3.8) is 0 Å². The average molecular weight is 415 g/mol. The van der Waals surface area contributed by atoms with Crippen LogP contribution >= 0.6 is 0 Å². The van der Waals surface area contributed by atoms with Gasteiger partial charge in [0.1, 0.15) is 0 Å². The molecule has 0 saturated carbocycles. The molecule has 162 valence electrons. The molecule has 1 amide bonds. The van der Waals surface area contributed by atoms with Crippen molar-refractivity contribution in [2.45, 2.75) is 39.3 Å². The number of hydrogen-bond acceptors (Lipinski definition) is 6. The number of rotatable bonds is 8. The van der Waals surface area contributed by atoms with Gasteiger partial charge >= 0.3 is 0 Å². The van der Waals surface area contributed by atoms with E-state index in [9.17, 15) is 4.79 Å². The van der Waals surface area contributed by atoms with Crippen LogP contribution in [0.25, 0.3) is 0 Å². The molecule has 1 aromatic heterocycles. The maximum Gasteiger partial charge on any atom is 0.271 e. The number of methoxy groups -OCH3 is 3. The highest BCUT2D eigenvalue weighted by Crippen LogP contribution is 2.38. The Hall–Kier alpha value is -3.00. The smallest absolute Gasteiger partial charge is 0.271 e. The first-order valence-electron chi connectivity index (χ1n) is 9.90.